The minimum atomic E-state index is 0.857. The fourth-order valence-corrected chi connectivity index (χ4v) is 1.78. The molecule has 0 saturated carbocycles. The van der Waals surface area contributed by atoms with E-state index in [-0.39, 0.29) is 0 Å². The number of rotatable bonds is 8. The molecular weight excluding hydrogens is 195 g/mol. The fourth-order valence-electron chi connectivity index (χ4n) is 1.78. The Morgan fingerprint density at radius 1 is 1.06 bits per heavy atom. The maximum atomic E-state index is 5.69. The zero-order chi connectivity index (χ0) is 11.6. The van der Waals surface area contributed by atoms with Gasteiger partial charge in [-0.3, -0.25) is 0 Å². The molecule has 0 aliphatic heterocycles. The zero-order valence-electron chi connectivity index (χ0n) is 10.7. The van der Waals surface area contributed by atoms with Crippen molar-refractivity contribution in [3.05, 3.63) is 24.3 Å². The van der Waals surface area contributed by atoms with Gasteiger partial charge in [-0.25, -0.2) is 0 Å². The minimum absolute atomic E-state index is 0.857. The monoisotopic (exact) mass is 218 g/mol. The maximum absolute atomic E-state index is 5.69. The van der Waals surface area contributed by atoms with E-state index >= 15 is 0 Å². The van der Waals surface area contributed by atoms with Gasteiger partial charge in [-0.15, -0.1) is 0 Å². The molecule has 0 fully saturated rings. The van der Waals surface area contributed by atoms with Crippen molar-refractivity contribution in [1.82, 2.24) is 0 Å². The lowest BCUT2D eigenvalue weighted by molar-refractivity contribution is 0.304. The SMILES string of the molecule is Bc1cccc(OCCCCCCCC)c1. The predicted molar refractivity (Wildman–Crippen MR) is 73.5 cm³/mol. The summed E-state index contributed by atoms with van der Waals surface area (Å²) in [6.45, 7) is 3.11. The Labute approximate surface area is 101 Å². The van der Waals surface area contributed by atoms with E-state index in [1.807, 2.05) is 12.1 Å². The van der Waals surface area contributed by atoms with Gasteiger partial charge in [0.15, 0.2) is 0 Å². The lowest BCUT2D eigenvalue weighted by Gasteiger charge is -2.06. The van der Waals surface area contributed by atoms with Crippen LogP contribution in [0.25, 0.3) is 0 Å². The highest BCUT2D eigenvalue weighted by molar-refractivity contribution is 6.32. The van der Waals surface area contributed by atoms with Gasteiger partial charge in [0.2, 0.25) is 0 Å². The molecule has 1 aromatic carbocycles. The standard InChI is InChI=1S/C14H23BO/c1-2-3-4-5-6-7-11-16-14-10-8-9-13(15)12-14/h8-10,12H,2-7,11,15H2,1H3. The summed E-state index contributed by atoms with van der Waals surface area (Å²) in [5.41, 5.74) is 1.26. The minimum Gasteiger partial charge on any atom is -0.494 e. The second-order valence-corrected chi connectivity index (χ2v) is 4.43. The van der Waals surface area contributed by atoms with Gasteiger partial charge < -0.3 is 4.74 Å². The van der Waals surface area contributed by atoms with Crippen molar-refractivity contribution < 1.29 is 4.74 Å². The van der Waals surface area contributed by atoms with Gasteiger partial charge in [0.05, 0.1) is 6.61 Å². The number of hydrogen-bond donors (Lipinski definition) is 0. The molecule has 0 heterocycles. The molecule has 0 aliphatic rings. The summed E-state index contributed by atoms with van der Waals surface area (Å²) in [5.74, 6) is 1.01. The van der Waals surface area contributed by atoms with Crippen LogP contribution < -0.4 is 10.2 Å². The molecule has 0 spiro atoms. The van der Waals surface area contributed by atoms with Crippen molar-refractivity contribution in [2.24, 2.45) is 0 Å². The van der Waals surface area contributed by atoms with Crippen LogP contribution in [0.5, 0.6) is 5.75 Å². The van der Waals surface area contributed by atoms with Crippen LogP contribution in [0.1, 0.15) is 45.4 Å². The molecule has 0 bridgehead atoms. The Kier molecular flexibility index (Phi) is 6.79. The summed E-state index contributed by atoms with van der Waals surface area (Å²) >= 11 is 0. The van der Waals surface area contributed by atoms with Crippen LogP contribution in [0.2, 0.25) is 0 Å². The van der Waals surface area contributed by atoms with Crippen LogP contribution in [-0.2, 0) is 0 Å². The van der Waals surface area contributed by atoms with E-state index in [9.17, 15) is 0 Å². The highest BCUT2D eigenvalue weighted by Crippen LogP contribution is 2.09. The number of benzene rings is 1. The molecule has 0 radical (unpaired) electrons. The third-order valence-electron chi connectivity index (χ3n) is 2.76. The summed E-state index contributed by atoms with van der Waals surface area (Å²) in [5, 5.41) is 0. The summed E-state index contributed by atoms with van der Waals surface area (Å²) < 4.78 is 5.69. The van der Waals surface area contributed by atoms with Gasteiger partial charge in [-0.05, 0) is 18.6 Å². The van der Waals surface area contributed by atoms with E-state index in [4.69, 9.17) is 4.74 Å². The van der Waals surface area contributed by atoms with Gasteiger partial charge in [-0.1, -0.05) is 56.6 Å². The largest absolute Gasteiger partial charge is 0.494 e. The second kappa shape index (κ2) is 8.26. The molecule has 2 heteroatoms. The molecule has 0 aromatic heterocycles. The third kappa shape index (κ3) is 5.84. The molecular formula is C14H23BO. The van der Waals surface area contributed by atoms with Gasteiger partial charge in [0.25, 0.3) is 0 Å². The highest BCUT2D eigenvalue weighted by Gasteiger charge is 1.94. The van der Waals surface area contributed by atoms with Crippen molar-refractivity contribution in [1.29, 1.82) is 0 Å². The molecule has 1 rings (SSSR count). The van der Waals surface area contributed by atoms with E-state index in [0.29, 0.717) is 0 Å². The van der Waals surface area contributed by atoms with Crippen LogP contribution >= 0.6 is 0 Å². The smallest absolute Gasteiger partial charge is 0.139 e. The van der Waals surface area contributed by atoms with Gasteiger partial charge in [0.1, 0.15) is 13.6 Å². The van der Waals surface area contributed by atoms with E-state index in [1.165, 1.54) is 44.0 Å². The lowest BCUT2D eigenvalue weighted by Crippen LogP contribution is -2.03. The van der Waals surface area contributed by atoms with Crippen molar-refractivity contribution in [2.45, 2.75) is 45.4 Å². The molecule has 0 N–H and O–H groups in total. The summed E-state index contributed by atoms with van der Waals surface area (Å²) in [6, 6.07) is 8.27. The molecule has 0 saturated heterocycles. The first-order valence-corrected chi connectivity index (χ1v) is 6.52. The first-order chi connectivity index (χ1) is 7.83. The first-order valence-electron chi connectivity index (χ1n) is 6.52. The average Bonchev–Trinajstić information content (AvgIpc) is 2.28. The lowest BCUT2D eigenvalue weighted by atomic mass is 9.96. The molecule has 0 unspecified atom stereocenters. The Morgan fingerprint density at radius 3 is 2.56 bits per heavy atom. The molecule has 88 valence electrons. The Balaban J connectivity index is 2.03. The van der Waals surface area contributed by atoms with Gasteiger partial charge >= 0.3 is 0 Å². The Bertz CT molecular complexity index is 286. The summed E-state index contributed by atoms with van der Waals surface area (Å²) in [4.78, 5) is 0. The van der Waals surface area contributed by atoms with E-state index < -0.39 is 0 Å². The van der Waals surface area contributed by atoms with Crippen LogP contribution in [0, 0.1) is 0 Å². The first kappa shape index (κ1) is 13.2. The quantitative estimate of drug-likeness (QED) is 0.481. The van der Waals surface area contributed by atoms with Crippen molar-refractivity contribution in [3.63, 3.8) is 0 Å². The van der Waals surface area contributed by atoms with Crippen LogP contribution in [0.4, 0.5) is 0 Å². The number of hydrogen-bond acceptors (Lipinski definition) is 1. The molecule has 0 aliphatic carbocycles. The van der Waals surface area contributed by atoms with Gasteiger partial charge in [-0.2, -0.15) is 0 Å². The number of ether oxygens (including phenoxy) is 1. The normalized spacial score (nSPS) is 10.3. The number of unbranched alkanes of at least 4 members (excludes halogenated alkanes) is 5. The van der Waals surface area contributed by atoms with Crippen LogP contribution in [-0.4, -0.2) is 14.5 Å². The molecule has 16 heavy (non-hydrogen) atoms. The second-order valence-electron chi connectivity index (χ2n) is 4.43. The topological polar surface area (TPSA) is 9.23 Å². The van der Waals surface area contributed by atoms with E-state index in [0.717, 1.165) is 12.4 Å². The fraction of sp³-hybridized carbons (Fsp3) is 0.571. The van der Waals surface area contributed by atoms with E-state index in [1.54, 1.807) is 0 Å². The molecule has 1 aromatic rings. The molecule has 0 atom stereocenters. The Morgan fingerprint density at radius 2 is 1.81 bits per heavy atom. The summed E-state index contributed by atoms with van der Waals surface area (Å²) in [6.07, 6.45) is 7.90. The van der Waals surface area contributed by atoms with E-state index in [2.05, 4.69) is 26.9 Å². The van der Waals surface area contributed by atoms with Crippen LogP contribution in [0.15, 0.2) is 24.3 Å². The predicted octanol–water partition coefficient (Wildman–Crippen LogP) is 2.68. The maximum Gasteiger partial charge on any atom is 0.139 e. The molecule has 0 amide bonds. The van der Waals surface area contributed by atoms with Crippen molar-refractivity contribution in [3.8, 4) is 5.75 Å². The van der Waals surface area contributed by atoms with Gasteiger partial charge in [0, 0.05) is 0 Å². The highest BCUT2D eigenvalue weighted by atomic mass is 16.5. The summed E-state index contributed by atoms with van der Waals surface area (Å²) in [7, 11) is 2.09. The Hall–Kier alpha value is -0.915. The third-order valence-corrected chi connectivity index (χ3v) is 2.76. The van der Waals surface area contributed by atoms with Crippen molar-refractivity contribution in [2.75, 3.05) is 6.61 Å². The average molecular weight is 218 g/mol. The zero-order valence-corrected chi connectivity index (χ0v) is 10.7. The van der Waals surface area contributed by atoms with Crippen molar-refractivity contribution >= 4 is 13.3 Å². The molecule has 1 nitrogen and oxygen atoms in total. The van der Waals surface area contributed by atoms with Crippen LogP contribution in [0.3, 0.4) is 0 Å².